The maximum absolute atomic E-state index is 12.5. The second-order valence-corrected chi connectivity index (χ2v) is 20.3. The molecule has 0 fully saturated rings. The third-order valence-corrected chi connectivity index (χ3v) is 13.7. The van der Waals surface area contributed by atoms with Crippen LogP contribution in [0.15, 0.2) is 24.3 Å². The minimum atomic E-state index is -0.845. The van der Waals surface area contributed by atoms with E-state index in [4.69, 9.17) is 4.74 Å². The molecule has 2 unspecified atom stereocenters. The molecule has 0 aliphatic carbocycles. The molecular weight excluding hydrogens is 815 g/mol. The highest BCUT2D eigenvalue weighted by molar-refractivity contribution is 5.76. The molecule has 0 radical (unpaired) electrons. The summed E-state index contributed by atoms with van der Waals surface area (Å²) in [4.78, 5) is 24.5. The average Bonchev–Trinajstić information content (AvgIpc) is 3.32. The summed E-state index contributed by atoms with van der Waals surface area (Å²) in [6, 6.07) is -0.628. The molecular formula is C60H115NO5. The van der Waals surface area contributed by atoms with Gasteiger partial charge < -0.3 is 20.3 Å². The number of carbonyl (C=O) groups is 2. The third kappa shape index (κ3) is 51.7. The number of ether oxygens (including phenoxy) is 1. The summed E-state index contributed by atoms with van der Waals surface area (Å²) in [6.07, 6.45) is 67.8. The van der Waals surface area contributed by atoms with Gasteiger partial charge >= 0.3 is 5.97 Å². The van der Waals surface area contributed by atoms with Gasteiger partial charge in [0.1, 0.15) is 0 Å². The lowest BCUT2D eigenvalue weighted by atomic mass is 10.0. The number of aliphatic hydroxyl groups is 2. The minimum Gasteiger partial charge on any atom is -0.466 e. The van der Waals surface area contributed by atoms with Crippen molar-refractivity contribution in [3.8, 4) is 0 Å². The number of esters is 1. The highest BCUT2D eigenvalue weighted by Crippen LogP contribution is 2.17. The molecule has 0 saturated carbocycles. The lowest BCUT2D eigenvalue weighted by molar-refractivity contribution is -0.143. The number of amides is 1. The maximum atomic E-state index is 12.5. The van der Waals surface area contributed by atoms with Gasteiger partial charge in [0, 0.05) is 12.8 Å². The van der Waals surface area contributed by atoms with Crippen molar-refractivity contribution in [2.24, 2.45) is 0 Å². The van der Waals surface area contributed by atoms with Gasteiger partial charge in [0.2, 0.25) is 5.91 Å². The number of hydrogen-bond acceptors (Lipinski definition) is 5. The van der Waals surface area contributed by atoms with Crippen LogP contribution in [0.1, 0.15) is 322 Å². The van der Waals surface area contributed by atoms with E-state index in [1.165, 1.54) is 250 Å². The van der Waals surface area contributed by atoms with E-state index in [0.717, 1.165) is 44.9 Å². The molecule has 0 aromatic carbocycles. The molecule has 0 aliphatic heterocycles. The number of hydrogen-bond donors (Lipinski definition) is 3. The van der Waals surface area contributed by atoms with Crippen molar-refractivity contribution >= 4 is 11.9 Å². The van der Waals surface area contributed by atoms with Crippen LogP contribution in [0, 0.1) is 0 Å². The molecule has 1 amide bonds. The van der Waals surface area contributed by atoms with E-state index in [2.05, 4.69) is 31.3 Å². The van der Waals surface area contributed by atoms with Crippen LogP contribution in [0.25, 0.3) is 0 Å². The van der Waals surface area contributed by atoms with Crippen molar-refractivity contribution < 1.29 is 24.5 Å². The predicted molar refractivity (Wildman–Crippen MR) is 287 cm³/mol. The first-order chi connectivity index (χ1) is 32.5. The van der Waals surface area contributed by atoms with Gasteiger partial charge in [-0.15, -0.1) is 0 Å². The van der Waals surface area contributed by atoms with E-state index in [1.807, 2.05) is 6.08 Å². The van der Waals surface area contributed by atoms with E-state index in [9.17, 15) is 19.8 Å². The fourth-order valence-corrected chi connectivity index (χ4v) is 9.15. The van der Waals surface area contributed by atoms with Gasteiger partial charge in [0.25, 0.3) is 0 Å². The molecule has 0 bridgehead atoms. The van der Waals surface area contributed by atoms with Gasteiger partial charge in [-0.2, -0.15) is 0 Å². The number of nitrogens with one attached hydrogen (secondary N) is 1. The quantitative estimate of drug-likeness (QED) is 0.0321. The van der Waals surface area contributed by atoms with Gasteiger partial charge in [0.05, 0.1) is 25.4 Å². The SMILES string of the molecule is CCCC/C=C\CCCCCCCC(=O)OCCCCCCCCCCCCCCCCCCCCCCCC(=O)NC(CO)C(O)/C=C/CCCCCCCCCCCCCCCCC. The van der Waals surface area contributed by atoms with Crippen LogP contribution in [0.2, 0.25) is 0 Å². The fraction of sp³-hybridized carbons (Fsp3) is 0.900. The molecule has 3 N–H and O–H groups in total. The first-order valence-corrected chi connectivity index (χ1v) is 29.6. The Bertz CT molecular complexity index is 1030. The Morgan fingerprint density at radius 2 is 0.727 bits per heavy atom. The number of rotatable bonds is 55. The molecule has 0 saturated heterocycles. The first kappa shape index (κ1) is 64.3. The van der Waals surface area contributed by atoms with E-state index in [0.29, 0.717) is 19.4 Å². The molecule has 0 aromatic rings. The standard InChI is InChI=1S/C60H115NO5/c1-3-5-7-9-11-13-15-16-17-23-26-29-33-36-40-44-48-52-58(63)57(56-62)61-59(64)53-49-45-41-37-34-30-27-24-21-19-18-20-22-25-28-31-35-39-43-47-51-55-66-60(65)54-50-46-42-38-32-14-12-10-8-6-4-2/h10,12,48,52,57-58,62-63H,3-9,11,13-47,49-51,53-56H2,1-2H3,(H,61,64)/b12-10-,52-48+. The van der Waals surface area contributed by atoms with Crippen molar-refractivity contribution in [3.05, 3.63) is 24.3 Å². The molecule has 0 aliphatic rings. The van der Waals surface area contributed by atoms with Crippen LogP contribution in [-0.2, 0) is 14.3 Å². The van der Waals surface area contributed by atoms with E-state index in [-0.39, 0.29) is 18.5 Å². The molecule has 0 rings (SSSR count). The van der Waals surface area contributed by atoms with Crippen molar-refractivity contribution in [1.29, 1.82) is 0 Å². The van der Waals surface area contributed by atoms with Crippen LogP contribution in [0.3, 0.4) is 0 Å². The summed E-state index contributed by atoms with van der Waals surface area (Å²) >= 11 is 0. The van der Waals surface area contributed by atoms with Crippen LogP contribution in [0.5, 0.6) is 0 Å². The van der Waals surface area contributed by atoms with Gasteiger partial charge in [0.15, 0.2) is 0 Å². The maximum Gasteiger partial charge on any atom is 0.305 e. The summed E-state index contributed by atoms with van der Waals surface area (Å²) in [5.74, 6) is -0.0667. The number of aliphatic hydroxyl groups excluding tert-OH is 2. The zero-order valence-electron chi connectivity index (χ0n) is 44.4. The molecule has 390 valence electrons. The summed E-state index contributed by atoms with van der Waals surface area (Å²) in [5.41, 5.74) is 0. The summed E-state index contributed by atoms with van der Waals surface area (Å²) in [6.45, 7) is 4.88. The smallest absolute Gasteiger partial charge is 0.305 e. The average molecular weight is 931 g/mol. The molecule has 0 aromatic heterocycles. The normalized spacial score (nSPS) is 12.7. The number of carbonyl (C=O) groups excluding carboxylic acids is 2. The second kappa shape index (κ2) is 55.9. The highest BCUT2D eigenvalue weighted by atomic mass is 16.5. The zero-order chi connectivity index (χ0) is 47.9. The largest absolute Gasteiger partial charge is 0.466 e. The minimum absolute atomic E-state index is 0.000414. The van der Waals surface area contributed by atoms with E-state index >= 15 is 0 Å². The molecule has 6 heteroatoms. The lowest BCUT2D eigenvalue weighted by Gasteiger charge is -2.20. The fourth-order valence-electron chi connectivity index (χ4n) is 9.15. The Kier molecular flexibility index (Phi) is 54.5. The Hall–Kier alpha value is -1.66. The van der Waals surface area contributed by atoms with Crippen molar-refractivity contribution in [3.63, 3.8) is 0 Å². The Morgan fingerprint density at radius 1 is 0.409 bits per heavy atom. The monoisotopic (exact) mass is 930 g/mol. The summed E-state index contributed by atoms with van der Waals surface area (Å²) in [5, 5.41) is 23.1. The van der Waals surface area contributed by atoms with Gasteiger partial charge in [-0.05, 0) is 51.4 Å². The second-order valence-electron chi connectivity index (χ2n) is 20.3. The number of allylic oxidation sites excluding steroid dienone is 3. The van der Waals surface area contributed by atoms with Crippen LogP contribution in [-0.4, -0.2) is 47.4 Å². The highest BCUT2D eigenvalue weighted by Gasteiger charge is 2.18. The Morgan fingerprint density at radius 3 is 1.12 bits per heavy atom. The van der Waals surface area contributed by atoms with Gasteiger partial charge in [-0.1, -0.05) is 282 Å². The lowest BCUT2D eigenvalue weighted by Crippen LogP contribution is -2.45. The Labute approximate surface area is 411 Å². The number of unbranched alkanes of at least 4 members (excludes halogenated alkanes) is 42. The first-order valence-electron chi connectivity index (χ1n) is 29.6. The molecule has 0 spiro atoms. The molecule has 2 atom stereocenters. The van der Waals surface area contributed by atoms with Crippen LogP contribution in [0.4, 0.5) is 0 Å². The summed E-state index contributed by atoms with van der Waals surface area (Å²) < 4.78 is 5.46. The predicted octanol–water partition coefficient (Wildman–Crippen LogP) is 18.2. The summed E-state index contributed by atoms with van der Waals surface area (Å²) in [7, 11) is 0. The zero-order valence-corrected chi connectivity index (χ0v) is 44.4. The van der Waals surface area contributed by atoms with Crippen LogP contribution < -0.4 is 5.32 Å². The van der Waals surface area contributed by atoms with Crippen molar-refractivity contribution in [2.75, 3.05) is 13.2 Å². The van der Waals surface area contributed by atoms with Crippen molar-refractivity contribution in [2.45, 2.75) is 334 Å². The van der Waals surface area contributed by atoms with Gasteiger partial charge in [-0.3, -0.25) is 9.59 Å². The molecule has 66 heavy (non-hydrogen) atoms. The van der Waals surface area contributed by atoms with Crippen LogP contribution >= 0.6 is 0 Å². The molecule has 0 heterocycles. The van der Waals surface area contributed by atoms with E-state index in [1.54, 1.807) is 6.08 Å². The Balaban J connectivity index is 3.42. The van der Waals surface area contributed by atoms with Gasteiger partial charge in [-0.25, -0.2) is 0 Å². The van der Waals surface area contributed by atoms with E-state index < -0.39 is 12.1 Å². The van der Waals surface area contributed by atoms with Crippen molar-refractivity contribution in [1.82, 2.24) is 5.32 Å². The molecule has 6 nitrogen and oxygen atoms in total. The topological polar surface area (TPSA) is 95.9 Å². The third-order valence-electron chi connectivity index (χ3n) is 13.7.